The maximum absolute atomic E-state index is 11.7. The fourth-order valence-electron chi connectivity index (χ4n) is 1.92. The van der Waals surface area contributed by atoms with E-state index >= 15 is 0 Å². The van der Waals surface area contributed by atoms with Gasteiger partial charge in [0.05, 0.1) is 17.1 Å². The third-order valence-corrected chi connectivity index (χ3v) is 2.95. The number of imidazole rings is 1. The molecule has 5 nitrogen and oxygen atoms in total. The van der Waals surface area contributed by atoms with Gasteiger partial charge in [-0.1, -0.05) is 24.3 Å². The molecule has 0 fully saturated rings. The van der Waals surface area contributed by atoms with Crippen LogP contribution in [0.1, 0.15) is 25.5 Å². The predicted molar refractivity (Wildman–Crippen MR) is 79.4 cm³/mol. The lowest BCUT2D eigenvalue weighted by molar-refractivity contribution is -0.117. The zero-order chi connectivity index (χ0) is 14.5. The van der Waals surface area contributed by atoms with Crippen LogP contribution in [0.3, 0.4) is 0 Å². The Morgan fingerprint density at radius 3 is 2.75 bits per heavy atom. The first-order valence-corrected chi connectivity index (χ1v) is 6.42. The monoisotopic (exact) mass is 271 g/mol. The lowest BCUT2D eigenvalue weighted by atomic mass is 10.1. The SMILES string of the molecule is C/C=C/C=C/C(=O)N[C@H](C)c1ccc2[nH]c(=O)[nH]c2c1. The van der Waals surface area contributed by atoms with Crippen molar-refractivity contribution in [3.8, 4) is 0 Å². The highest BCUT2D eigenvalue weighted by atomic mass is 16.1. The number of amides is 1. The molecule has 1 aromatic carbocycles. The average Bonchev–Trinajstić information content (AvgIpc) is 2.77. The van der Waals surface area contributed by atoms with Crippen LogP contribution in [0, 0.1) is 0 Å². The normalized spacial score (nSPS) is 13.3. The summed E-state index contributed by atoms with van der Waals surface area (Å²) in [4.78, 5) is 28.3. The molecule has 1 aromatic heterocycles. The smallest absolute Gasteiger partial charge is 0.323 e. The molecule has 0 aliphatic carbocycles. The van der Waals surface area contributed by atoms with Crippen molar-refractivity contribution in [2.45, 2.75) is 19.9 Å². The zero-order valence-corrected chi connectivity index (χ0v) is 11.4. The molecule has 0 aliphatic rings. The van der Waals surface area contributed by atoms with Gasteiger partial charge in [0.25, 0.3) is 0 Å². The summed E-state index contributed by atoms with van der Waals surface area (Å²) < 4.78 is 0. The van der Waals surface area contributed by atoms with Crippen LogP contribution < -0.4 is 11.0 Å². The van der Waals surface area contributed by atoms with E-state index in [0.717, 1.165) is 16.6 Å². The van der Waals surface area contributed by atoms with Gasteiger partial charge in [0.2, 0.25) is 5.91 Å². The van der Waals surface area contributed by atoms with Gasteiger partial charge in [0.15, 0.2) is 0 Å². The van der Waals surface area contributed by atoms with E-state index in [9.17, 15) is 9.59 Å². The second-order valence-corrected chi connectivity index (χ2v) is 4.50. The minimum absolute atomic E-state index is 0.138. The highest BCUT2D eigenvalue weighted by molar-refractivity contribution is 5.88. The van der Waals surface area contributed by atoms with E-state index in [2.05, 4.69) is 15.3 Å². The summed E-state index contributed by atoms with van der Waals surface area (Å²) in [6, 6.07) is 5.42. The first kappa shape index (κ1) is 13.9. The second kappa shape index (κ2) is 6.06. The van der Waals surface area contributed by atoms with Crippen LogP contribution in [-0.2, 0) is 4.79 Å². The third-order valence-electron chi connectivity index (χ3n) is 2.95. The number of aromatic nitrogens is 2. The molecule has 20 heavy (non-hydrogen) atoms. The Kier molecular flexibility index (Phi) is 4.20. The summed E-state index contributed by atoms with van der Waals surface area (Å²) in [6.07, 6.45) is 6.81. The summed E-state index contributed by atoms with van der Waals surface area (Å²) >= 11 is 0. The minimum Gasteiger partial charge on any atom is -0.346 e. The fraction of sp³-hybridized carbons (Fsp3) is 0.200. The molecule has 3 N–H and O–H groups in total. The van der Waals surface area contributed by atoms with Crippen molar-refractivity contribution in [1.29, 1.82) is 0 Å². The molecule has 1 heterocycles. The van der Waals surface area contributed by atoms with Crippen molar-refractivity contribution >= 4 is 16.9 Å². The van der Waals surface area contributed by atoms with E-state index in [1.165, 1.54) is 6.08 Å². The lowest BCUT2D eigenvalue weighted by Gasteiger charge is -2.12. The molecule has 104 valence electrons. The van der Waals surface area contributed by atoms with Crippen LogP contribution in [0.15, 0.2) is 47.3 Å². The quantitative estimate of drug-likeness (QED) is 0.588. The van der Waals surface area contributed by atoms with Crippen molar-refractivity contribution < 1.29 is 4.79 Å². The van der Waals surface area contributed by atoms with Crippen molar-refractivity contribution in [2.24, 2.45) is 0 Å². The van der Waals surface area contributed by atoms with Crippen molar-refractivity contribution in [2.75, 3.05) is 0 Å². The Bertz CT molecular complexity index is 722. The van der Waals surface area contributed by atoms with Crippen LogP contribution in [0.5, 0.6) is 0 Å². The van der Waals surface area contributed by atoms with Crippen LogP contribution in [0.2, 0.25) is 0 Å². The average molecular weight is 271 g/mol. The molecule has 0 radical (unpaired) electrons. The van der Waals surface area contributed by atoms with Gasteiger partial charge >= 0.3 is 5.69 Å². The van der Waals surface area contributed by atoms with Gasteiger partial charge in [-0.3, -0.25) is 4.79 Å². The molecule has 0 aliphatic heterocycles. The van der Waals surface area contributed by atoms with Gasteiger partial charge in [-0.15, -0.1) is 0 Å². The maximum atomic E-state index is 11.7. The molecule has 0 saturated carbocycles. The summed E-state index contributed by atoms with van der Waals surface area (Å²) in [5.74, 6) is -0.154. The fourth-order valence-corrected chi connectivity index (χ4v) is 1.92. The number of carbonyl (C=O) groups excluding carboxylic acids is 1. The standard InChI is InChI=1S/C15H17N3O2/c1-3-4-5-6-14(19)16-10(2)11-7-8-12-13(9-11)18-15(20)17-12/h3-10H,1-2H3,(H,16,19)(H2,17,18,20)/b4-3+,6-5+/t10-/m1/s1. The summed E-state index contributed by atoms with van der Waals surface area (Å²) in [5, 5.41) is 2.86. The number of benzene rings is 1. The van der Waals surface area contributed by atoms with E-state index in [0.29, 0.717) is 0 Å². The molecule has 0 unspecified atom stereocenters. The Morgan fingerprint density at radius 1 is 1.25 bits per heavy atom. The van der Waals surface area contributed by atoms with E-state index in [1.54, 1.807) is 12.2 Å². The molecule has 5 heteroatoms. The number of rotatable bonds is 4. The summed E-state index contributed by atoms with van der Waals surface area (Å²) in [6.45, 7) is 3.78. The van der Waals surface area contributed by atoms with Gasteiger partial charge in [0, 0.05) is 6.08 Å². The number of nitrogens with one attached hydrogen (secondary N) is 3. The van der Waals surface area contributed by atoms with E-state index in [4.69, 9.17) is 0 Å². The minimum atomic E-state index is -0.233. The van der Waals surface area contributed by atoms with Gasteiger partial charge in [-0.05, 0) is 31.5 Å². The van der Waals surface area contributed by atoms with E-state index in [-0.39, 0.29) is 17.6 Å². The molecule has 0 saturated heterocycles. The lowest BCUT2D eigenvalue weighted by Crippen LogP contribution is -2.24. The molecular formula is C15H17N3O2. The number of H-pyrrole nitrogens is 2. The first-order valence-electron chi connectivity index (χ1n) is 6.42. The Morgan fingerprint density at radius 2 is 2.00 bits per heavy atom. The summed E-state index contributed by atoms with van der Waals surface area (Å²) in [7, 11) is 0. The maximum Gasteiger partial charge on any atom is 0.323 e. The van der Waals surface area contributed by atoms with Gasteiger partial charge < -0.3 is 15.3 Å². The largest absolute Gasteiger partial charge is 0.346 e. The topological polar surface area (TPSA) is 77.8 Å². The number of fused-ring (bicyclic) bond motifs is 1. The van der Waals surface area contributed by atoms with E-state index in [1.807, 2.05) is 38.1 Å². The highest BCUT2D eigenvalue weighted by Gasteiger charge is 2.09. The third kappa shape index (κ3) is 3.26. The molecule has 2 aromatic rings. The first-order chi connectivity index (χ1) is 9.60. The molecule has 2 rings (SSSR count). The molecule has 1 amide bonds. The van der Waals surface area contributed by atoms with Crippen LogP contribution >= 0.6 is 0 Å². The number of hydrogen-bond donors (Lipinski definition) is 3. The van der Waals surface area contributed by atoms with E-state index < -0.39 is 0 Å². The number of carbonyl (C=O) groups is 1. The van der Waals surface area contributed by atoms with Crippen LogP contribution in [-0.4, -0.2) is 15.9 Å². The van der Waals surface area contributed by atoms with Crippen molar-refractivity contribution in [3.63, 3.8) is 0 Å². The highest BCUT2D eigenvalue weighted by Crippen LogP contribution is 2.16. The number of allylic oxidation sites excluding steroid dienone is 3. The zero-order valence-electron chi connectivity index (χ0n) is 11.4. The molecular weight excluding hydrogens is 254 g/mol. The Hall–Kier alpha value is -2.56. The predicted octanol–water partition coefficient (Wildman–Crippen LogP) is 2.17. The Balaban J connectivity index is 2.12. The second-order valence-electron chi connectivity index (χ2n) is 4.50. The number of aromatic amines is 2. The van der Waals surface area contributed by atoms with Gasteiger partial charge in [-0.25, -0.2) is 4.79 Å². The molecule has 0 bridgehead atoms. The van der Waals surface area contributed by atoms with Gasteiger partial charge in [-0.2, -0.15) is 0 Å². The molecule has 1 atom stereocenters. The Labute approximate surface area is 116 Å². The number of hydrogen-bond acceptors (Lipinski definition) is 2. The van der Waals surface area contributed by atoms with Crippen molar-refractivity contribution in [1.82, 2.24) is 15.3 Å². The molecule has 0 spiro atoms. The van der Waals surface area contributed by atoms with Gasteiger partial charge in [0.1, 0.15) is 0 Å². The van der Waals surface area contributed by atoms with Crippen LogP contribution in [0.4, 0.5) is 0 Å². The summed E-state index contributed by atoms with van der Waals surface area (Å²) in [5.41, 5.74) is 2.19. The van der Waals surface area contributed by atoms with Crippen LogP contribution in [0.25, 0.3) is 11.0 Å². The van der Waals surface area contributed by atoms with Crippen molar-refractivity contribution in [3.05, 3.63) is 58.6 Å².